The number of fused-ring (bicyclic) bond motifs is 1. The smallest absolute Gasteiger partial charge is 0.123 e. The van der Waals surface area contributed by atoms with Crippen LogP contribution in [0.1, 0.15) is 74.2 Å². The Kier molecular flexibility index (Phi) is 7.11. The van der Waals surface area contributed by atoms with E-state index in [1.165, 1.54) is 16.7 Å². The molecule has 1 saturated heterocycles. The summed E-state index contributed by atoms with van der Waals surface area (Å²) in [5, 5.41) is 5.19. The molecule has 1 unspecified atom stereocenters. The number of likely N-dealkylation sites (tertiary alicyclic amines) is 1. The monoisotopic (exact) mass is 524 g/mol. The number of piperidine rings is 1. The molecule has 2 nitrogen and oxygen atoms in total. The van der Waals surface area contributed by atoms with Gasteiger partial charge in [0.25, 0.3) is 0 Å². The minimum absolute atomic E-state index is 0.0545. The first kappa shape index (κ1) is 25.6. The number of halogens is 3. The van der Waals surface area contributed by atoms with Crippen LogP contribution in [0.15, 0.2) is 48.5 Å². The van der Waals surface area contributed by atoms with Crippen molar-refractivity contribution in [1.29, 1.82) is 0 Å². The Hall–Kier alpha value is -2.07. The van der Waals surface area contributed by atoms with Crippen molar-refractivity contribution in [2.75, 3.05) is 18.4 Å². The molecule has 36 heavy (non-hydrogen) atoms. The highest BCUT2D eigenvalue weighted by Gasteiger charge is 2.30. The number of hydrogen-bond donors (Lipinski definition) is 1. The number of hydrogen-bond acceptors (Lipinski definition) is 2. The Morgan fingerprint density at radius 1 is 0.917 bits per heavy atom. The average Bonchev–Trinajstić information content (AvgIpc) is 2.83. The van der Waals surface area contributed by atoms with Gasteiger partial charge in [-0.05, 0) is 131 Å². The SMILES string of the molecule is Cc1cc(F)ccc1-c1cc(C2CCN(C(C)(C)C)CC2)cc2c1CCC(c1c(Cl)cccc1Cl)N2. The van der Waals surface area contributed by atoms with Gasteiger partial charge >= 0.3 is 0 Å². The lowest BCUT2D eigenvalue weighted by Crippen LogP contribution is -2.45. The predicted molar refractivity (Wildman–Crippen MR) is 151 cm³/mol. The number of anilines is 1. The van der Waals surface area contributed by atoms with Gasteiger partial charge in [-0.3, -0.25) is 4.90 Å². The van der Waals surface area contributed by atoms with Crippen LogP contribution in [0.2, 0.25) is 10.0 Å². The van der Waals surface area contributed by atoms with Crippen LogP contribution in [0.5, 0.6) is 0 Å². The fraction of sp³-hybridized carbons (Fsp3) is 0.419. The highest BCUT2D eigenvalue weighted by molar-refractivity contribution is 6.36. The molecule has 0 amide bonds. The molecule has 5 rings (SSSR count). The zero-order valence-electron chi connectivity index (χ0n) is 21.6. The molecule has 3 aromatic carbocycles. The molecule has 2 aliphatic heterocycles. The van der Waals surface area contributed by atoms with Crippen LogP contribution in [0.25, 0.3) is 11.1 Å². The standard InChI is InChI=1S/C31H35Cl2FN2/c1-19-16-22(34)8-9-23(19)25-17-21(20-12-14-36(15-13-20)31(2,3)4)18-29-24(25)10-11-28(35-29)30-26(32)6-5-7-27(30)33/h5-9,16-18,20,28,35H,10-15H2,1-4H3. The van der Waals surface area contributed by atoms with Gasteiger partial charge in [-0.25, -0.2) is 4.39 Å². The maximum atomic E-state index is 14.0. The number of rotatable bonds is 3. The number of benzene rings is 3. The van der Waals surface area contributed by atoms with Gasteiger partial charge in [0.1, 0.15) is 5.82 Å². The first-order chi connectivity index (χ1) is 17.1. The quantitative estimate of drug-likeness (QED) is 0.367. The number of nitrogens with one attached hydrogen (secondary N) is 1. The maximum absolute atomic E-state index is 14.0. The highest BCUT2D eigenvalue weighted by atomic mass is 35.5. The van der Waals surface area contributed by atoms with Crippen LogP contribution >= 0.6 is 23.2 Å². The summed E-state index contributed by atoms with van der Waals surface area (Å²) in [5.74, 6) is 0.307. The molecule has 0 aromatic heterocycles. The molecule has 5 heteroatoms. The van der Waals surface area contributed by atoms with Gasteiger partial charge in [0.2, 0.25) is 0 Å². The summed E-state index contributed by atoms with van der Waals surface area (Å²) >= 11 is 13.2. The Morgan fingerprint density at radius 2 is 1.61 bits per heavy atom. The van der Waals surface area contributed by atoms with Gasteiger partial charge in [-0.1, -0.05) is 41.4 Å². The largest absolute Gasteiger partial charge is 0.378 e. The van der Waals surface area contributed by atoms with E-state index in [-0.39, 0.29) is 17.4 Å². The molecular formula is C31H35Cl2FN2. The maximum Gasteiger partial charge on any atom is 0.123 e. The van der Waals surface area contributed by atoms with Crippen molar-refractivity contribution in [3.8, 4) is 11.1 Å². The molecule has 1 atom stereocenters. The van der Waals surface area contributed by atoms with E-state index in [4.69, 9.17) is 23.2 Å². The fourth-order valence-electron chi connectivity index (χ4n) is 5.99. The summed E-state index contributed by atoms with van der Waals surface area (Å²) in [7, 11) is 0. The van der Waals surface area contributed by atoms with E-state index in [2.05, 4.69) is 43.1 Å². The molecule has 0 spiro atoms. The van der Waals surface area contributed by atoms with Crippen molar-refractivity contribution in [2.45, 2.75) is 70.9 Å². The van der Waals surface area contributed by atoms with E-state index in [0.29, 0.717) is 16.0 Å². The summed E-state index contributed by atoms with van der Waals surface area (Å²) < 4.78 is 14.0. The van der Waals surface area contributed by atoms with Crippen molar-refractivity contribution in [1.82, 2.24) is 4.90 Å². The third kappa shape index (κ3) is 5.03. The van der Waals surface area contributed by atoms with E-state index in [0.717, 1.165) is 61.2 Å². The van der Waals surface area contributed by atoms with E-state index < -0.39 is 0 Å². The molecular weight excluding hydrogens is 490 g/mol. The average molecular weight is 526 g/mol. The van der Waals surface area contributed by atoms with E-state index >= 15 is 0 Å². The van der Waals surface area contributed by atoms with Gasteiger partial charge in [-0.2, -0.15) is 0 Å². The molecule has 0 saturated carbocycles. The summed E-state index contributed by atoms with van der Waals surface area (Å²) in [6, 6.07) is 15.6. The van der Waals surface area contributed by atoms with Gasteiger partial charge in [0.15, 0.2) is 0 Å². The number of aryl methyl sites for hydroxylation is 1. The molecule has 3 aromatic rings. The fourth-order valence-corrected chi connectivity index (χ4v) is 6.65. The van der Waals surface area contributed by atoms with Crippen molar-refractivity contribution < 1.29 is 4.39 Å². The molecule has 0 aliphatic carbocycles. The van der Waals surface area contributed by atoms with E-state index in [9.17, 15) is 4.39 Å². The summed E-state index contributed by atoms with van der Waals surface area (Å²) in [4.78, 5) is 2.58. The molecule has 1 fully saturated rings. The van der Waals surface area contributed by atoms with Crippen LogP contribution in [0.3, 0.4) is 0 Å². The summed E-state index contributed by atoms with van der Waals surface area (Å²) in [6.45, 7) is 11.1. The second-order valence-electron chi connectivity index (χ2n) is 11.4. The van der Waals surface area contributed by atoms with Crippen molar-refractivity contribution in [2.24, 2.45) is 0 Å². The third-order valence-corrected chi connectivity index (χ3v) is 8.69. The normalized spacial score (nSPS) is 19.1. The predicted octanol–water partition coefficient (Wildman–Crippen LogP) is 9.19. The van der Waals surface area contributed by atoms with Crippen LogP contribution in [0, 0.1) is 12.7 Å². The third-order valence-electron chi connectivity index (χ3n) is 8.03. The Labute approximate surface area is 224 Å². The first-order valence-electron chi connectivity index (χ1n) is 13.0. The second-order valence-corrected chi connectivity index (χ2v) is 12.2. The lowest BCUT2D eigenvalue weighted by atomic mass is 9.81. The minimum Gasteiger partial charge on any atom is -0.378 e. The molecule has 1 N–H and O–H groups in total. The van der Waals surface area contributed by atoms with Crippen LogP contribution in [0.4, 0.5) is 10.1 Å². The Bertz CT molecular complexity index is 1250. The molecule has 0 radical (unpaired) electrons. The molecule has 2 aliphatic rings. The van der Waals surface area contributed by atoms with Crippen molar-refractivity contribution in [3.05, 3.63) is 86.6 Å². The van der Waals surface area contributed by atoms with Gasteiger partial charge in [-0.15, -0.1) is 0 Å². The Balaban J connectivity index is 1.55. The van der Waals surface area contributed by atoms with Gasteiger partial charge in [0.05, 0.1) is 6.04 Å². The Morgan fingerprint density at radius 3 is 2.25 bits per heavy atom. The van der Waals surface area contributed by atoms with Crippen LogP contribution in [-0.4, -0.2) is 23.5 Å². The number of nitrogens with zero attached hydrogens (tertiary/aromatic N) is 1. The topological polar surface area (TPSA) is 15.3 Å². The molecule has 0 bridgehead atoms. The van der Waals surface area contributed by atoms with Gasteiger partial charge < -0.3 is 5.32 Å². The zero-order valence-corrected chi connectivity index (χ0v) is 23.1. The minimum atomic E-state index is -0.192. The highest BCUT2D eigenvalue weighted by Crippen LogP contribution is 2.45. The van der Waals surface area contributed by atoms with Crippen molar-refractivity contribution in [3.63, 3.8) is 0 Å². The molecule has 190 valence electrons. The summed E-state index contributed by atoms with van der Waals surface area (Å²) in [6.07, 6.45) is 4.08. The second kappa shape index (κ2) is 10.0. The van der Waals surface area contributed by atoms with E-state index in [1.54, 1.807) is 12.1 Å². The van der Waals surface area contributed by atoms with Crippen LogP contribution in [-0.2, 0) is 6.42 Å². The van der Waals surface area contributed by atoms with E-state index in [1.807, 2.05) is 31.2 Å². The first-order valence-corrected chi connectivity index (χ1v) is 13.8. The lowest BCUT2D eigenvalue weighted by molar-refractivity contribution is 0.102. The zero-order chi connectivity index (χ0) is 25.6. The van der Waals surface area contributed by atoms with Crippen molar-refractivity contribution >= 4 is 28.9 Å². The summed E-state index contributed by atoms with van der Waals surface area (Å²) in [5.41, 5.74) is 8.26. The van der Waals surface area contributed by atoms with Crippen LogP contribution < -0.4 is 5.32 Å². The lowest BCUT2D eigenvalue weighted by Gasteiger charge is -2.41. The molecule has 2 heterocycles. The van der Waals surface area contributed by atoms with Gasteiger partial charge in [0, 0.05) is 26.8 Å².